The molecule has 0 saturated carbocycles. The Morgan fingerprint density at radius 2 is 1.62 bits per heavy atom. The average Bonchev–Trinajstić information content (AvgIpc) is 2.97. The van der Waals surface area contributed by atoms with E-state index in [4.69, 9.17) is 15.2 Å². The number of nitrogens with zero attached hydrogens (tertiary/aromatic N) is 2. The molecule has 4 rings (SSSR count). The number of hydrogen-bond acceptors (Lipinski definition) is 8. The maximum atomic E-state index is 13.3. The Kier molecular flexibility index (Phi) is 7.72. The fourth-order valence-corrected chi connectivity index (χ4v) is 4.30. The van der Waals surface area contributed by atoms with Crippen LogP contribution in [0.5, 0.6) is 0 Å². The summed E-state index contributed by atoms with van der Waals surface area (Å²) >= 11 is 0. The van der Waals surface area contributed by atoms with Crippen molar-refractivity contribution in [3.8, 4) is 6.07 Å². The number of methoxy groups -OCH3 is 2. The second-order valence-electron chi connectivity index (χ2n) is 8.35. The molecule has 1 amide bonds. The third-order valence-corrected chi connectivity index (χ3v) is 6.08. The number of rotatable bonds is 6. The number of hydrogen-bond donors (Lipinski definition) is 2. The van der Waals surface area contributed by atoms with E-state index in [1.165, 1.54) is 41.3 Å². The van der Waals surface area contributed by atoms with E-state index in [0.717, 1.165) is 14.2 Å². The van der Waals surface area contributed by atoms with Crippen molar-refractivity contribution in [2.45, 2.75) is 5.92 Å². The average molecular weight is 527 g/mol. The van der Waals surface area contributed by atoms with Crippen LogP contribution in [0.25, 0.3) is 0 Å². The summed E-state index contributed by atoms with van der Waals surface area (Å²) < 4.78 is 23.3. The lowest BCUT2D eigenvalue weighted by Gasteiger charge is -2.36. The fraction of sp³-hybridized carbons (Fsp3) is 0.103. The van der Waals surface area contributed by atoms with Gasteiger partial charge in [-0.3, -0.25) is 9.69 Å². The number of ether oxygens (including phenoxy) is 2. The van der Waals surface area contributed by atoms with Crippen LogP contribution < -0.4 is 16.0 Å². The molecule has 0 aliphatic carbocycles. The van der Waals surface area contributed by atoms with Crippen molar-refractivity contribution in [2.24, 2.45) is 5.73 Å². The molecular formula is C29H23FN4O5. The Morgan fingerprint density at radius 1 is 0.949 bits per heavy atom. The predicted octanol–water partition coefficient (Wildman–Crippen LogP) is 3.98. The van der Waals surface area contributed by atoms with Gasteiger partial charge in [0.25, 0.3) is 5.91 Å². The Morgan fingerprint density at radius 3 is 2.23 bits per heavy atom. The number of carbonyl (C=O) groups is 3. The van der Waals surface area contributed by atoms with E-state index in [1.54, 1.807) is 42.5 Å². The summed E-state index contributed by atoms with van der Waals surface area (Å²) in [6, 6.07) is 22.0. The molecule has 1 heterocycles. The standard InChI is InChI=1S/C29H23FN4O5/c1-38-28(36)24-23(17-7-4-3-5-8-17)22(16-31)26(32)34(25(24)29(37)39-2)21-10-6-9-18(15-21)27(35)33-20-13-11-19(30)12-14-20/h3-15,23H,32H2,1-2H3,(H,33,35). The monoisotopic (exact) mass is 526 g/mol. The first-order valence-corrected chi connectivity index (χ1v) is 11.6. The molecule has 196 valence electrons. The summed E-state index contributed by atoms with van der Waals surface area (Å²) in [6.07, 6.45) is 0. The van der Waals surface area contributed by atoms with Crippen molar-refractivity contribution in [1.29, 1.82) is 5.26 Å². The van der Waals surface area contributed by atoms with Crippen molar-refractivity contribution in [3.63, 3.8) is 0 Å². The number of esters is 2. The smallest absolute Gasteiger partial charge is 0.355 e. The van der Waals surface area contributed by atoms with Gasteiger partial charge in [-0.15, -0.1) is 0 Å². The van der Waals surface area contributed by atoms with E-state index < -0.39 is 29.6 Å². The van der Waals surface area contributed by atoms with Gasteiger partial charge in [0.2, 0.25) is 0 Å². The summed E-state index contributed by atoms with van der Waals surface area (Å²) in [5.74, 6) is -3.89. The molecular weight excluding hydrogens is 503 g/mol. The molecule has 3 aromatic rings. The quantitative estimate of drug-likeness (QED) is 0.461. The van der Waals surface area contributed by atoms with Gasteiger partial charge >= 0.3 is 11.9 Å². The van der Waals surface area contributed by atoms with Gasteiger partial charge in [0.1, 0.15) is 17.3 Å². The van der Waals surface area contributed by atoms with Gasteiger partial charge in [-0.05, 0) is 48.0 Å². The number of carbonyl (C=O) groups excluding carboxylic acids is 3. The van der Waals surface area contributed by atoms with Crippen LogP contribution >= 0.6 is 0 Å². The minimum atomic E-state index is -1.01. The van der Waals surface area contributed by atoms with Crippen molar-refractivity contribution in [1.82, 2.24) is 0 Å². The Bertz CT molecular complexity index is 1540. The summed E-state index contributed by atoms with van der Waals surface area (Å²) in [5.41, 5.74) is 7.36. The molecule has 1 aliphatic rings. The Balaban J connectivity index is 1.89. The molecule has 0 fully saturated rings. The van der Waals surface area contributed by atoms with E-state index >= 15 is 0 Å². The molecule has 0 bridgehead atoms. The largest absolute Gasteiger partial charge is 0.466 e. The first-order chi connectivity index (χ1) is 18.8. The second kappa shape index (κ2) is 11.3. The SMILES string of the molecule is COC(=O)C1=C(C(=O)OC)N(c2cccc(C(=O)Nc3ccc(F)cc3)c2)C(N)=C(C#N)C1c1ccccc1. The number of allylic oxidation sites excluding steroid dienone is 1. The van der Waals surface area contributed by atoms with Gasteiger partial charge in [-0.2, -0.15) is 5.26 Å². The molecule has 10 heteroatoms. The van der Waals surface area contributed by atoms with Crippen molar-refractivity contribution < 1.29 is 28.2 Å². The van der Waals surface area contributed by atoms with E-state index in [0.29, 0.717) is 11.3 Å². The number of halogens is 1. The molecule has 9 nitrogen and oxygen atoms in total. The van der Waals surface area contributed by atoms with Crippen LogP contribution in [0.1, 0.15) is 21.8 Å². The fourth-order valence-electron chi connectivity index (χ4n) is 4.30. The highest BCUT2D eigenvalue weighted by atomic mass is 19.1. The number of amides is 1. The molecule has 3 aromatic carbocycles. The molecule has 3 N–H and O–H groups in total. The van der Waals surface area contributed by atoms with Crippen LogP contribution in [0.4, 0.5) is 15.8 Å². The van der Waals surface area contributed by atoms with Gasteiger partial charge < -0.3 is 20.5 Å². The third kappa shape index (κ3) is 5.19. The van der Waals surface area contributed by atoms with E-state index in [9.17, 15) is 24.0 Å². The zero-order chi connectivity index (χ0) is 28.1. The molecule has 0 radical (unpaired) electrons. The number of anilines is 2. The maximum absolute atomic E-state index is 13.3. The molecule has 1 atom stereocenters. The lowest BCUT2D eigenvalue weighted by Crippen LogP contribution is -2.40. The van der Waals surface area contributed by atoms with Crippen molar-refractivity contribution >= 4 is 29.2 Å². The lowest BCUT2D eigenvalue weighted by atomic mass is 9.81. The van der Waals surface area contributed by atoms with Crippen LogP contribution in [-0.2, 0) is 19.1 Å². The summed E-state index contributed by atoms with van der Waals surface area (Å²) in [4.78, 5) is 40.5. The Labute approximate surface area is 223 Å². The summed E-state index contributed by atoms with van der Waals surface area (Å²) in [6.45, 7) is 0. The second-order valence-corrected chi connectivity index (χ2v) is 8.35. The van der Waals surface area contributed by atoms with Crippen molar-refractivity contribution in [2.75, 3.05) is 24.4 Å². The zero-order valence-electron chi connectivity index (χ0n) is 21.0. The van der Waals surface area contributed by atoms with Crippen LogP contribution in [0.2, 0.25) is 0 Å². The van der Waals surface area contributed by atoms with Gasteiger partial charge in [-0.1, -0.05) is 36.4 Å². The van der Waals surface area contributed by atoms with Crippen LogP contribution in [0, 0.1) is 17.1 Å². The topological polar surface area (TPSA) is 135 Å². The highest BCUT2D eigenvalue weighted by Gasteiger charge is 2.43. The van der Waals surface area contributed by atoms with Crippen molar-refractivity contribution in [3.05, 3.63) is 118 Å². The maximum Gasteiger partial charge on any atom is 0.355 e. The first kappa shape index (κ1) is 26.6. The third-order valence-electron chi connectivity index (χ3n) is 6.08. The van der Waals surface area contributed by atoms with Crippen LogP contribution in [0.3, 0.4) is 0 Å². The van der Waals surface area contributed by atoms with E-state index in [-0.39, 0.29) is 33.9 Å². The number of nitrogens with one attached hydrogen (secondary N) is 1. The minimum absolute atomic E-state index is 0.00424. The molecule has 1 unspecified atom stereocenters. The van der Waals surface area contributed by atoms with Gasteiger partial charge in [-0.25, -0.2) is 14.0 Å². The zero-order valence-corrected chi connectivity index (χ0v) is 21.0. The van der Waals surface area contributed by atoms with Gasteiger partial charge in [0, 0.05) is 16.9 Å². The van der Waals surface area contributed by atoms with E-state index in [1.807, 2.05) is 0 Å². The van der Waals surface area contributed by atoms with E-state index in [2.05, 4.69) is 11.4 Å². The lowest BCUT2D eigenvalue weighted by molar-refractivity contribution is -0.139. The van der Waals surface area contributed by atoms with Gasteiger partial charge in [0.15, 0.2) is 0 Å². The van der Waals surface area contributed by atoms with Crippen LogP contribution in [-0.4, -0.2) is 32.1 Å². The molecule has 0 saturated heterocycles. The number of nitriles is 1. The summed E-state index contributed by atoms with van der Waals surface area (Å²) in [7, 11) is 2.30. The van der Waals surface area contributed by atoms with Crippen LogP contribution in [0.15, 0.2) is 102 Å². The molecule has 39 heavy (non-hydrogen) atoms. The highest BCUT2D eigenvalue weighted by Crippen LogP contribution is 2.43. The normalized spacial score (nSPS) is 14.9. The summed E-state index contributed by atoms with van der Waals surface area (Å²) in [5, 5.41) is 12.8. The molecule has 0 aromatic heterocycles. The Hall–Kier alpha value is -5.43. The first-order valence-electron chi connectivity index (χ1n) is 11.6. The number of benzene rings is 3. The minimum Gasteiger partial charge on any atom is -0.466 e. The highest BCUT2D eigenvalue weighted by molar-refractivity contribution is 6.08. The van der Waals surface area contributed by atoms with Gasteiger partial charge in [0.05, 0.1) is 37.4 Å². The number of nitrogens with two attached hydrogens (primary N) is 1. The molecule has 1 aliphatic heterocycles. The predicted molar refractivity (Wildman–Crippen MR) is 140 cm³/mol. The molecule has 0 spiro atoms.